The third-order valence-corrected chi connectivity index (χ3v) is 5.73. The molecule has 2 nitrogen and oxygen atoms in total. The standard InChI is InChI=1S/C20H29NO/c1-16(21(2)14-15-22-3)20-13-7-6-9-18(20)12-11-17-8-4-5-10-19(17)20/h4-5,8,10-12,16,19H,6-7,9,13-15H2,1-3H3/i2D3. The predicted octanol–water partition coefficient (Wildman–Crippen LogP) is 4.12. The van der Waals surface area contributed by atoms with Crippen molar-refractivity contribution in [2.24, 2.45) is 11.3 Å². The highest BCUT2D eigenvalue weighted by atomic mass is 16.5. The molecule has 0 aromatic carbocycles. The van der Waals surface area contributed by atoms with Crippen molar-refractivity contribution in [3.8, 4) is 0 Å². The summed E-state index contributed by atoms with van der Waals surface area (Å²) in [6.45, 7) is 0.844. The monoisotopic (exact) mass is 302 g/mol. The molecule has 120 valence electrons. The molecular formula is C20H29NO. The minimum atomic E-state index is -2.12. The van der Waals surface area contributed by atoms with Crippen molar-refractivity contribution in [2.45, 2.75) is 38.6 Å². The van der Waals surface area contributed by atoms with Gasteiger partial charge < -0.3 is 9.64 Å². The molecule has 22 heavy (non-hydrogen) atoms. The Kier molecular flexibility index (Phi) is 3.67. The average molecular weight is 302 g/mol. The summed E-state index contributed by atoms with van der Waals surface area (Å²) in [5, 5.41) is 0. The third kappa shape index (κ3) is 2.53. The molecule has 0 saturated heterocycles. The molecular weight excluding hydrogens is 270 g/mol. The Morgan fingerprint density at radius 2 is 2.32 bits per heavy atom. The Labute approximate surface area is 139 Å². The van der Waals surface area contributed by atoms with Crippen molar-refractivity contribution in [1.29, 1.82) is 0 Å². The lowest BCUT2D eigenvalue weighted by molar-refractivity contribution is 0.0545. The quantitative estimate of drug-likeness (QED) is 0.757. The van der Waals surface area contributed by atoms with E-state index in [0.717, 1.165) is 19.3 Å². The first-order valence-electron chi connectivity index (χ1n) is 9.93. The van der Waals surface area contributed by atoms with Gasteiger partial charge in [-0.3, -0.25) is 0 Å². The maximum atomic E-state index is 8.09. The fourth-order valence-electron chi connectivity index (χ4n) is 4.50. The van der Waals surface area contributed by atoms with Crippen LogP contribution >= 0.6 is 0 Å². The maximum absolute atomic E-state index is 8.09. The van der Waals surface area contributed by atoms with Gasteiger partial charge in [-0.25, -0.2) is 0 Å². The smallest absolute Gasteiger partial charge is 0.0589 e. The topological polar surface area (TPSA) is 12.5 Å². The number of methoxy groups -OCH3 is 1. The molecule has 3 aliphatic carbocycles. The highest BCUT2D eigenvalue weighted by Gasteiger charge is 2.49. The predicted molar refractivity (Wildman–Crippen MR) is 92.8 cm³/mol. The summed E-state index contributed by atoms with van der Waals surface area (Å²) < 4.78 is 29.5. The Hall–Kier alpha value is -1.12. The summed E-state index contributed by atoms with van der Waals surface area (Å²) in [5.74, 6) is 0.264. The normalized spacial score (nSPS) is 34.0. The van der Waals surface area contributed by atoms with Crippen LogP contribution in [0.4, 0.5) is 0 Å². The highest BCUT2D eigenvalue weighted by Crippen LogP contribution is 2.55. The molecule has 3 aliphatic rings. The van der Waals surface area contributed by atoms with Gasteiger partial charge in [-0.05, 0) is 38.7 Å². The van der Waals surface area contributed by atoms with Crippen molar-refractivity contribution in [1.82, 2.24) is 4.90 Å². The lowest BCUT2D eigenvalue weighted by atomic mass is 9.55. The second-order valence-electron chi connectivity index (χ2n) is 6.69. The Bertz CT molecular complexity index is 617. The summed E-state index contributed by atoms with van der Waals surface area (Å²) in [6, 6.07) is -0.0773. The van der Waals surface area contributed by atoms with E-state index in [1.165, 1.54) is 17.6 Å². The summed E-state index contributed by atoms with van der Waals surface area (Å²) in [5.41, 5.74) is 2.59. The van der Waals surface area contributed by atoms with E-state index < -0.39 is 6.98 Å². The number of hydrogen-bond donors (Lipinski definition) is 0. The first-order chi connectivity index (χ1) is 11.9. The lowest BCUT2D eigenvalue weighted by Gasteiger charge is -2.53. The average Bonchev–Trinajstić information content (AvgIpc) is 2.60. The van der Waals surface area contributed by atoms with E-state index >= 15 is 0 Å². The maximum Gasteiger partial charge on any atom is 0.0589 e. The summed E-state index contributed by atoms with van der Waals surface area (Å²) in [6.07, 6.45) is 17.6. The zero-order chi connectivity index (χ0) is 18.1. The van der Waals surface area contributed by atoms with Gasteiger partial charge in [0.1, 0.15) is 0 Å². The number of nitrogens with zero attached hydrogens (tertiary/aromatic N) is 1. The molecule has 0 amide bonds. The molecule has 0 N–H and O–H groups in total. The van der Waals surface area contributed by atoms with Crippen LogP contribution in [-0.4, -0.2) is 38.2 Å². The largest absolute Gasteiger partial charge is 0.383 e. The van der Waals surface area contributed by atoms with Crippen LogP contribution in [0.15, 0.2) is 47.6 Å². The van der Waals surface area contributed by atoms with Gasteiger partial charge in [0.05, 0.1) is 6.61 Å². The fraction of sp³-hybridized carbons (Fsp3) is 0.600. The van der Waals surface area contributed by atoms with E-state index in [9.17, 15) is 0 Å². The molecule has 0 aromatic rings. The van der Waals surface area contributed by atoms with Gasteiger partial charge in [0.2, 0.25) is 0 Å². The van der Waals surface area contributed by atoms with Gasteiger partial charge in [0.15, 0.2) is 0 Å². The molecule has 2 heteroatoms. The minimum absolute atomic E-state index is 0.0773. The van der Waals surface area contributed by atoms with Gasteiger partial charge in [-0.1, -0.05) is 48.5 Å². The van der Waals surface area contributed by atoms with Crippen LogP contribution in [0.3, 0.4) is 0 Å². The highest BCUT2D eigenvalue weighted by molar-refractivity contribution is 5.46. The Morgan fingerprint density at radius 1 is 1.41 bits per heavy atom. The van der Waals surface area contributed by atoms with Gasteiger partial charge in [-0.15, -0.1) is 0 Å². The second-order valence-corrected chi connectivity index (χ2v) is 6.69. The molecule has 0 heterocycles. The number of ether oxygens (including phenoxy) is 1. The number of hydrogen-bond acceptors (Lipinski definition) is 2. The van der Waals surface area contributed by atoms with Gasteiger partial charge >= 0.3 is 0 Å². The molecule has 1 fully saturated rings. The van der Waals surface area contributed by atoms with Crippen LogP contribution in [0, 0.1) is 11.3 Å². The number of likely N-dealkylation sites (N-methyl/N-ethyl adjacent to an activating group) is 1. The zero-order valence-corrected chi connectivity index (χ0v) is 13.7. The molecule has 0 spiro atoms. The van der Waals surface area contributed by atoms with Crippen LogP contribution in [0.25, 0.3) is 0 Å². The molecule has 0 radical (unpaired) electrons. The van der Waals surface area contributed by atoms with Crippen molar-refractivity contribution in [2.75, 3.05) is 27.2 Å². The molecule has 3 unspecified atom stereocenters. The zero-order valence-electron chi connectivity index (χ0n) is 16.7. The van der Waals surface area contributed by atoms with E-state index in [1.54, 1.807) is 12.0 Å². The van der Waals surface area contributed by atoms with Crippen LogP contribution < -0.4 is 0 Å². The number of fused-ring (bicyclic) bond motifs is 3. The van der Waals surface area contributed by atoms with Crippen LogP contribution in [-0.2, 0) is 4.74 Å². The summed E-state index contributed by atoms with van der Waals surface area (Å²) >= 11 is 0. The third-order valence-electron chi connectivity index (χ3n) is 5.73. The minimum Gasteiger partial charge on any atom is -0.383 e. The van der Waals surface area contributed by atoms with E-state index in [1.807, 2.05) is 0 Å². The second kappa shape index (κ2) is 6.55. The van der Waals surface area contributed by atoms with Crippen molar-refractivity contribution in [3.63, 3.8) is 0 Å². The van der Waals surface area contributed by atoms with E-state index in [0.29, 0.717) is 13.2 Å². The number of allylic oxidation sites excluding steroid dienone is 7. The van der Waals surface area contributed by atoms with Crippen molar-refractivity contribution < 1.29 is 8.85 Å². The molecule has 0 bridgehead atoms. The lowest BCUT2D eigenvalue weighted by Crippen LogP contribution is -2.52. The summed E-state index contributed by atoms with van der Waals surface area (Å²) in [7, 11) is 1.63. The molecule has 3 atom stereocenters. The van der Waals surface area contributed by atoms with E-state index in [4.69, 9.17) is 8.85 Å². The van der Waals surface area contributed by atoms with E-state index in [-0.39, 0.29) is 17.4 Å². The molecule has 0 aliphatic heterocycles. The van der Waals surface area contributed by atoms with E-state index in [2.05, 4.69) is 43.4 Å². The Morgan fingerprint density at radius 3 is 3.14 bits per heavy atom. The van der Waals surface area contributed by atoms with Crippen molar-refractivity contribution in [3.05, 3.63) is 47.6 Å². The SMILES string of the molecule is [2H]C([2H])([2H])N(CCOC)C(C)C12CCCCC1=CC=C1C=CC=CC12. The summed E-state index contributed by atoms with van der Waals surface area (Å²) in [4.78, 5) is 1.69. The van der Waals surface area contributed by atoms with Gasteiger partial charge in [0, 0.05) is 35.1 Å². The van der Waals surface area contributed by atoms with Crippen LogP contribution in [0.2, 0.25) is 0 Å². The molecule has 1 saturated carbocycles. The van der Waals surface area contributed by atoms with Gasteiger partial charge in [-0.2, -0.15) is 0 Å². The molecule has 3 rings (SSSR count). The van der Waals surface area contributed by atoms with Gasteiger partial charge in [0.25, 0.3) is 0 Å². The molecule has 0 aromatic heterocycles. The van der Waals surface area contributed by atoms with Crippen LogP contribution in [0.1, 0.15) is 36.7 Å². The number of rotatable bonds is 5. The fourth-order valence-corrected chi connectivity index (χ4v) is 4.50. The van der Waals surface area contributed by atoms with Crippen molar-refractivity contribution >= 4 is 0 Å². The van der Waals surface area contributed by atoms with Crippen LogP contribution in [0.5, 0.6) is 0 Å². The Balaban J connectivity index is 2.03. The first-order valence-corrected chi connectivity index (χ1v) is 8.43. The first kappa shape index (κ1) is 12.3.